The number of carbonyl (C=O) groups excluding carboxylic acids is 3. The molecular formula is C12H17N4O4S+. The number of fused-ring (bicyclic) bond motifs is 1. The minimum absolute atomic E-state index is 0.105. The maximum Gasteiger partial charge on any atom is 0.358 e. The summed E-state index contributed by atoms with van der Waals surface area (Å²) < 4.78 is 6.38. The van der Waals surface area contributed by atoms with Gasteiger partial charge in [0.25, 0.3) is 17.8 Å². The van der Waals surface area contributed by atoms with Crippen LogP contribution in [0.2, 0.25) is 0 Å². The van der Waals surface area contributed by atoms with E-state index in [1.807, 2.05) is 6.92 Å². The number of amidine groups is 2. The highest BCUT2D eigenvalue weighted by molar-refractivity contribution is 8.14. The van der Waals surface area contributed by atoms with Crippen LogP contribution in [0.3, 0.4) is 0 Å². The van der Waals surface area contributed by atoms with Gasteiger partial charge in [-0.2, -0.15) is 0 Å². The van der Waals surface area contributed by atoms with Crippen molar-refractivity contribution < 1.29 is 23.7 Å². The van der Waals surface area contributed by atoms with Crippen molar-refractivity contribution in [3.63, 3.8) is 0 Å². The second-order valence-electron chi connectivity index (χ2n) is 4.54. The maximum atomic E-state index is 12.3. The zero-order valence-corrected chi connectivity index (χ0v) is 13.1. The van der Waals surface area contributed by atoms with Gasteiger partial charge in [-0.25, -0.2) is 9.37 Å². The first-order valence-electron chi connectivity index (χ1n) is 6.39. The van der Waals surface area contributed by atoms with Gasteiger partial charge >= 0.3 is 17.2 Å². The van der Waals surface area contributed by atoms with E-state index in [4.69, 9.17) is 0 Å². The lowest BCUT2D eigenvalue weighted by Crippen LogP contribution is -2.61. The highest BCUT2D eigenvalue weighted by atomic mass is 32.2. The van der Waals surface area contributed by atoms with Gasteiger partial charge in [0.15, 0.2) is 0 Å². The van der Waals surface area contributed by atoms with Crippen molar-refractivity contribution in [2.45, 2.75) is 13.0 Å². The summed E-state index contributed by atoms with van der Waals surface area (Å²) in [6, 6.07) is -1.02. The number of hydrogen-bond acceptors (Lipinski definition) is 6. The second kappa shape index (κ2) is 5.84. The number of amides is 3. The smallest absolute Gasteiger partial charge is 0.358 e. The Morgan fingerprint density at radius 1 is 1.38 bits per heavy atom. The van der Waals surface area contributed by atoms with E-state index in [0.29, 0.717) is 17.5 Å². The fourth-order valence-corrected chi connectivity index (χ4v) is 3.11. The number of ether oxygens (including phenoxy) is 1. The molecule has 3 amide bonds. The number of aliphatic imine (C=N–C) groups is 1. The quantitative estimate of drug-likeness (QED) is 0.522. The predicted octanol–water partition coefficient (Wildman–Crippen LogP) is -0.414. The lowest BCUT2D eigenvalue weighted by Gasteiger charge is -2.30. The Balaban J connectivity index is 2.32. The molecule has 21 heavy (non-hydrogen) atoms. The molecule has 2 aliphatic rings. The Bertz CT molecular complexity index is 572. The monoisotopic (exact) mass is 313 g/mol. The molecule has 2 aliphatic heterocycles. The average molecular weight is 313 g/mol. The summed E-state index contributed by atoms with van der Waals surface area (Å²) in [6.07, 6.45) is 0. The van der Waals surface area contributed by atoms with Gasteiger partial charge in [-0.05, 0) is 23.7 Å². The number of likely N-dealkylation sites (N-methyl/N-ethyl adjacent to an activating group) is 3. The topological polar surface area (TPSA) is 82.3 Å². The minimum atomic E-state index is -0.608. The molecule has 0 aliphatic carbocycles. The number of nitrogens with zero attached hydrogens (tertiary/aromatic N) is 4. The van der Waals surface area contributed by atoms with E-state index >= 15 is 0 Å². The van der Waals surface area contributed by atoms with Crippen LogP contribution >= 0.6 is 11.8 Å². The van der Waals surface area contributed by atoms with Crippen LogP contribution in [-0.2, 0) is 14.3 Å². The third-order valence-corrected chi connectivity index (χ3v) is 4.35. The molecule has 0 aromatic heterocycles. The first-order chi connectivity index (χ1) is 9.92. The van der Waals surface area contributed by atoms with Crippen molar-refractivity contribution in [1.29, 1.82) is 0 Å². The molecule has 2 rings (SSSR count). The summed E-state index contributed by atoms with van der Waals surface area (Å²) in [6.45, 7) is 2.43. The Labute approximate surface area is 126 Å². The van der Waals surface area contributed by atoms with Gasteiger partial charge in [0.2, 0.25) is 0 Å². The van der Waals surface area contributed by atoms with Crippen LogP contribution in [0.25, 0.3) is 0 Å². The number of esters is 1. The SMILES string of the molecule is CC[N+]1=C(SCC(=O)OC)N=C2C1C(=O)N(C)C(=O)N2C. The number of hydrogen-bond donors (Lipinski definition) is 0. The lowest BCUT2D eigenvalue weighted by atomic mass is 10.1. The number of urea groups is 1. The summed E-state index contributed by atoms with van der Waals surface area (Å²) in [4.78, 5) is 42.3. The van der Waals surface area contributed by atoms with Gasteiger partial charge in [-0.1, -0.05) is 0 Å². The Kier molecular flexibility index (Phi) is 4.31. The number of rotatable bonds is 3. The fraction of sp³-hybridized carbons (Fsp3) is 0.583. The molecule has 0 aromatic rings. The third-order valence-electron chi connectivity index (χ3n) is 3.38. The van der Waals surface area contributed by atoms with Crippen LogP contribution in [-0.4, -0.2) is 82.8 Å². The van der Waals surface area contributed by atoms with Crippen molar-refractivity contribution >= 4 is 40.7 Å². The van der Waals surface area contributed by atoms with Crippen molar-refractivity contribution in [2.75, 3.05) is 33.5 Å². The number of carbonyl (C=O) groups is 3. The first kappa shape index (κ1) is 15.5. The zero-order chi connectivity index (χ0) is 15.7. The highest BCUT2D eigenvalue weighted by Crippen LogP contribution is 2.22. The van der Waals surface area contributed by atoms with E-state index in [2.05, 4.69) is 9.73 Å². The molecular weight excluding hydrogens is 296 g/mol. The molecule has 0 N–H and O–H groups in total. The molecule has 0 bridgehead atoms. The van der Waals surface area contributed by atoms with Crippen molar-refractivity contribution in [1.82, 2.24) is 9.80 Å². The summed E-state index contributed by atoms with van der Waals surface area (Å²) in [7, 11) is 4.35. The van der Waals surface area contributed by atoms with E-state index in [9.17, 15) is 14.4 Å². The van der Waals surface area contributed by atoms with Crippen LogP contribution in [0.4, 0.5) is 4.79 Å². The summed E-state index contributed by atoms with van der Waals surface area (Å²) in [5.41, 5.74) is 0. The van der Waals surface area contributed by atoms with Gasteiger partial charge in [0.1, 0.15) is 5.75 Å². The van der Waals surface area contributed by atoms with Crippen molar-refractivity contribution in [2.24, 2.45) is 4.99 Å². The Hall–Kier alpha value is -1.90. The minimum Gasteiger partial charge on any atom is -0.468 e. The van der Waals surface area contributed by atoms with E-state index in [0.717, 1.165) is 4.90 Å². The van der Waals surface area contributed by atoms with E-state index in [1.165, 1.54) is 30.8 Å². The molecule has 2 heterocycles. The van der Waals surface area contributed by atoms with Gasteiger partial charge in [-0.15, -0.1) is 0 Å². The van der Waals surface area contributed by atoms with Crippen LogP contribution in [0.15, 0.2) is 4.99 Å². The van der Waals surface area contributed by atoms with Crippen LogP contribution in [0.1, 0.15) is 6.92 Å². The van der Waals surface area contributed by atoms with Gasteiger partial charge in [-0.3, -0.25) is 19.4 Å². The van der Waals surface area contributed by atoms with Crippen LogP contribution in [0, 0.1) is 0 Å². The molecule has 114 valence electrons. The summed E-state index contributed by atoms with van der Waals surface area (Å²) >= 11 is 1.19. The van der Waals surface area contributed by atoms with Crippen molar-refractivity contribution in [3.05, 3.63) is 0 Å². The van der Waals surface area contributed by atoms with Gasteiger partial charge < -0.3 is 4.74 Å². The normalized spacial score (nSPS) is 21.7. The van der Waals surface area contributed by atoms with Crippen LogP contribution in [0.5, 0.6) is 0 Å². The summed E-state index contributed by atoms with van der Waals surface area (Å²) in [5, 5.41) is 0.547. The van der Waals surface area contributed by atoms with Crippen LogP contribution < -0.4 is 0 Å². The molecule has 1 unspecified atom stereocenters. The highest BCUT2D eigenvalue weighted by Gasteiger charge is 2.52. The molecule has 0 radical (unpaired) electrons. The molecule has 9 heteroatoms. The lowest BCUT2D eigenvalue weighted by molar-refractivity contribution is -0.529. The number of thioether (sulfide) groups is 1. The molecule has 0 aromatic carbocycles. The molecule has 1 fully saturated rings. The van der Waals surface area contributed by atoms with E-state index in [-0.39, 0.29) is 17.6 Å². The Morgan fingerprint density at radius 2 is 2.05 bits per heavy atom. The number of methoxy groups -OCH3 is 1. The largest absolute Gasteiger partial charge is 0.468 e. The zero-order valence-electron chi connectivity index (χ0n) is 12.3. The second-order valence-corrected chi connectivity index (χ2v) is 5.49. The standard InChI is InChI=1S/C12H17N4O4S/c1-5-16-8-9(13-11(16)21-6-7(17)20-4)14(2)12(19)15(3)10(8)18/h8H,5-6H2,1-4H3/q+1. The van der Waals surface area contributed by atoms with Gasteiger partial charge in [0.05, 0.1) is 13.7 Å². The maximum absolute atomic E-state index is 12.3. The van der Waals surface area contributed by atoms with Gasteiger partial charge in [0, 0.05) is 14.1 Å². The average Bonchev–Trinajstić information content (AvgIpc) is 2.86. The molecule has 1 atom stereocenters. The Morgan fingerprint density at radius 3 is 2.62 bits per heavy atom. The van der Waals surface area contributed by atoms with Crippen molar-refractivity contribution in [3.8, 4) is 0 Å². The third kappa shape index (κ3) is 2.53. The first-order valence-corrected chi connectivity index (χ1v) is 7.38. The summed E-state index contributed by atoms with van der Waals surface area (Å²) in [5.74, 6) is -0.177. The molecule has 0 spiro atoms. The fourth-order valence-electron chi connectivity index (χ4n) is 2.19. The molecule has 1 saturated heterocycles. The predicted molar refractivity (Wildman–Crippen MR) is 77.4 cm³/mol. The molecule has 8 nitrogen and oxygen atoms in total. The van der Waals surface area contributed by atoms with E-state index < -0.39 is 12.1 Å². The number of imide groups is 1. The molecule has 0 saturated carbocycles. The van der Waals surface area contributed by atoms with E-state index in [1.54, 1.807) is 11.6 Å².